The smallest absolute Gasteiger partial charge is 0.170 e. The Morgan fingerprint density at radius 1 is 1.41 bits per heavy atom. The average molecular weight is 255 g/mol. The summed E-state index contributed by atoms with van der Waals surface area (Å²) in [4.78, 5) is 4.11. The van der Waals surface area contributed by atoms with Crippen molar-refractivity contribution < 1.29 is 4.39 Å². The van der Waals surface area contributed by atoms with Crippen LogP contribution in [0.3, 0.4) is 0 Å². The molecule has 0 atom stereocenters. The molecule has 4 N–H and O–H groups in total. The Hall–Kier alpha value is -1.75. The predicted molar refractivity (Wildman–Crippen MR) is 66.7 cm³/mol. The Bertz CT molecular complexity index is 565. The Kier molecular flexibility index (Phi) is 2.93. The second-order valence-corrected chi connectivity index (χ2v) is 3.98. The highest BCUT2D eigenvalue weighted by molar-refractivity contribution is 6.33. The second-order valence-electron chi connectivity index (χ2n) is 3.60. The summed E-state index contributed by atoms with van der Waals surface area (Å²) < 4.78 is 15.6. The van der Waals surface area contributed by atoms with Gasteiger partial charge >= 0.3 is 0 Å². The first-order valence-corrected chi connectivity index (χ1v) is 5.49. The first kappa shape index (κ1) is 11.7. The topological polar surface area (TPSA) is 69.9 Å². The maximum Gasteiger partial charge on any atom is 0.170 e. The van der Waals surface area contributed by atoms with Gasteiger partial charge in [-0.25, -0.2) is 9.37 Å². The van der Waals surface area contributed by atoms with E-state index >= 15 is 0 Å². The molecule has 6 heteroatoms. The molecule has 2 aromatic rings. The van der Waals surface area contributed by atoms with Gasteiger partial charge in [-0.05, 0) is 6.07 Å². The van der Waals surface area contributed by atoms with Crippen LogP contribution in [0.4, 0.5) is 15.8 Å². The van der Waals surface area contributed by atoms with Crippen LogP contribution in [0.5, 0.6) is 0 Å². The van der Waals surface area contributed by atoms with Gasteiger partial charge in [-0.1, -0.05) is 18.5 Å². The van der Waals surface area contributed by atoms with Crippen LogP contribution in [0.25, 0.3) is 5.69 Å². The van der Waals surface area contributed by atoms with E-state index in [-0.39, 0.29) is 22.1 Å². The molecule has 0 spiro atoms. The lowest BCUT2D eigenvalue weighted by Gasteiger charge is -2.13. The first-order valence-electron chi connectivity index (χ1n) is 5.11. The lowest BCUT2D eigenvalue weighted by Crippen LogP contribution is -2.07. The van der Waals surface area contributed by atoms with Gasteiger partial charge in [0.1, 0.15) is 16.5 Å². The highest BCUT2D eigenvalue weighted by Gasteiger charge is 2.17. The highest BCUT2D eigenvalue weighted by Crippen LogP contribution is 2.32. The van der Waals surface area contributed by atoms with Crippen molar-refractivity contribution in [1.82, 2.24) is 9.55 Å². The van der Waals surface area contributed by atoms with Crippen LogP contribution in [0.15, 0.2) is 18.5 Å². The van der Waals surface area contributed by atoms with Crippen LogP contribution in [-0.2, 0) is 6.42 Å². The molecule has 2 rings (SSSR count). The van der Waals surface area contributed by atoms with E-state index in [1.54, 1.807) is 17.0 Å². The molecule has 1 heterocycles. The van der Waals surface area contributed by atoms with E-state index in [2.05, 4.69) is 4.98 Å². The minimum atomic E-state index is -0.628. The fourth-order valence-corrected chi connectivity index (χ4v) is 1.85. The van der Waals surface area contributed by atoms with E-state index in [1.165, 1.54) is 6.07 Å². The fourth-order valence-electron chi connectivity index (χ4n) is 1.70. The Balaban J connectivity index is 2.72. The van der Waals surface area contributed by atoms with Gasteiger partial charge in [0.25, 0.3) is 0 Å². The highest BCUT2D eigenvalue weighted by atomic mass is 35.5. The number of nitrogens with zero attached hydrogens (tertiary/aromatic N) is 2. The van der Waals surface area contributed by atoms with Crippen LogP contribution >= 0.6 is 11.6 Å². The maximum atomic E-state index is 14.1. The van der Waals surface area contributed by atoms with Gasteiger partial charge < -0.3 is 11.5 Å². The van der Waals surface area contributed by atoms with Crippen molar-refractivity contribution in [2.75, 3.05) is 11.5 Å². The normalized spacial score (nSPS) is 10.8. The Morgan fingerprint density at radius 3 is 2.76 bits per heavy atom. The minimum absolute atomic E-state index is 0.120. The van der Waals surface area contributed by atoms with E-state index in [1.807, 2.05) is 6.92 Å². The number of anilines is 2. The molecule has 4 nitrogen and oxygen atoms in total. The second kappa shape index (κ2) is 4.25. The van der Waals surface area contributed by atoms with E-state index in [9.17, 15) is 4.39 Å². The molecule has 0 saturated heterocycles. The van der Waals surface area contributed by atoms with E-state index in [4.69, 9.17) is 23.1 Å². The largest absolute Gasteiger partial charge is 0.397 e. The summed E-state index contributed by atoms with van der Waals surface area (Å²) in [7, 11) is 0. The van der Waals surface area contributed by atoms with Gasteiger partial charge in [0.2, 0.25) is 0 Å². The van der Waals surface area contributed by atoms with Crippen LogP contribution in [0.1, 0.15) is 12.7 Å². The number of rotatable bonds is 2. The molecule has 0 fully saturated rings. The van der Waals surface area contributed by atoms with Gasteiger partial charge in [0.05, 0.1) is 11.4 Å². The number of nitrogen functional groups attached to an aromatic ring is 2. The quantitative estimate of drug-likeness (QED) is 0.809. The van der Waals surface area contributed by atoms with Crippen molar-refractivity contribution in [1.29, 1.82) is 0 Å². The lowest BCUT2D eigenvalue weighted by atomic mass is 10.2. The standard InChI is InChI=1S/C11H12ClFN4/c1-2-8-16-3-4-17(8)11-7(15)5-6(14)9(12)10(11)13/h3-5H,2,14-15H2,1H3. The summed E-state index contributed by atoms with van der Waals surface area (Å²) in [6.45, 7) is 1.92. The van der Waals surface area contributed by atoms with Crippen molar-refractivity contribution in [2.45, 2.75) is 13.3 Å². The summed E-state index contributed by atoms with van der Waals surface area (Å²) in [5.41, 5.74) is 11.9. The fraction of sp³-hybridized carbons (Fsp3) is 0.182. The Morgan fingerprint density at radius 2 is 2.12 bits per heavy atom. The molecule has 0 aliphatic rings. The number of aromatic nitrogens is 2. The van der Waals surface area contributed by atoms with Gasteiger partial charge in [-0.2, -0.15) is 0 Å². The summed E-state index contributed by atoms with van der Waals surface area (Å²) >= 11 is 5.78. The van der Waals surface area contributed by atoms with Crippen molar-refractivity contribution in [3.8, 4) is 5.69 Å². The third-order valence-electron chi connectivity index (χ3n) is 2.51. The molecule has 0 aliphatic carbocycles. The van der Waals surface area contributed by atoms with Crippen molar-refractivity contribution in [3.05, 3.63) is 35.1 Å². The summed E-state index contributed by atoms with van der Waals surface area (Å²) in [5, 5.41) is -0.120. The SMILES string of the molecule is CCc1nccn1-c1c(N)cc(N)c(Cl)c1F. The first-order chi connectivity index (χ1) is 8.06. The van der Waals surface area contributed by atoms with Crippen molar-refractivity contribution >= 4 is 23.0 Å². The lowest BCUT2D eigenvalue weighted by molar-refractivity contribution is 0.617. The number of benzene rings is 1. The molecule has 0 aliphatic heterocycles. The van der Waals surface area contributed by atoms with E-state index in [0.717, 1.165) is 0 Å². The molecule has 0 saturated carbocycles. The van der Waals surface area contributed by atoms with Gasteiger partial charge in [0, 0.05) is 18.8 Å². The van der Waals surface area contributed by atoms with Crippen LogP contribution in [0, 0.1) is 5.82 Å². The van der Waals surface area contributed by atoms with E-state index < -0.39 is 5.82 Å². The molecule has 0 radical (unpaired) electrons. The van der Waals surface area contributed by atoms with Gasteiger partial charge in [0.15, 0.2) is 5.82 Å². The zero-order chi connectivity index (χ0) is 12.6. The molecular weight excluding hydrogens is 243 g/mol. The van der Waals surface area contributed by atoms with Crippen LogP contribution in [0.2, 0.25) is 5.02 Å². The zero-order valence-corrected chi connectivity index (χ0v) is 10.0. The third kappa shape index (κ3) is 1.82. The summed E-state index contributed by atoms with van der Waals surface area (Å²) in [6, 6.07) is 1.44. The zero-order valence-electron chi connectivity index (χ0n) is 9.24. The van der Waals surface area contributed by atoms with Gasteiger partial charge in [-0.15, -0.1) is 0 Å². The Labute approximate surface area is 103 Å². The average Bonchev–Trinajstić information content (AvgIpc) is 2.74. The molecule has 0 unspecified atom stereocenters. The summed E-state index contributed by atoms with van der Waals surface area (Å²) in [6.07, 6.45) is 3.88. The predicted octanol–water partition coefficient (Wildman–Crippen LogP) is 2.39. The molecule has 90 valence electrons. The van der Waals surface area contributed by atoms with Crippen LogP contribution < -0.4 is 11.5 Å². The maximum absolute atomic E-state index is 14.1. The number of hydrogen-bond donors (Lipinski definition) is 2. The van der Waals surface area contributed by atoms with Crippen molar-refractivity contribution in [3.63, 3.8) is 0 Å². The molecule has 1 aromatic heterocycles. The molecule has 0 bridgehead atoms. The summed E-state index contributed by atoms with van der Waals surface area (Å²) in [5.74, 6) is 0.0771. The molecule has 1 aromatic carbocycles. The molecular formula is C11H12ClFN4. The minimum Gasteiger partial charge on any atom is -0.397 e. The number of aryl methyl sites for hydroxylation is 1. The van der Waals surface area contributed by atoms with Gasteiger partial charge in [-0.3, -0.25) is 4.57 Å². The van der Waals surface area contributed by atoms with Crippen LogP contribution in [-0.4, -0.2) is 9.55 Å². The molecule has 0 amide bonds. The number of nitrogens with two attached hydrogens (primary N) is 2. The van der Waals surface area contributed by atoms with Crippen molar-refractivity contribution in [2.24, 2.45) is 0 Å². The number of hydrogen-bond acceptors (Lipinski definition) is 3. The number of imidazole rings is 1. The monoisotopic (exact) mass is 254 g/mol. The molecule has 17 heavy (non-hydrogen) atoms. The number of halogens is 2. The third-order valence-corrected chi connectivity index (χ3v) is 2.90. The van der Waals surface area contributed by atoms with E-state index in [0.29, 0.717) is 12.2 Å².